The fourth-order valence-corrected chi connectivity index (χ4v) is 5.86. The van der Waals surface area contributed by atoms with Crippen molar-refractivity contribution in [1.82, 2.24) is 9.80 Å². The summed E-state index contributed by atoms with van der Waals surface area (Å²) in [5.74, 6) is 1.66. The molecule has 8 nitrogen and oxygen atoms in total. The van der Waals surface area contributed by atoms with E-state index in [9.17, 15) is 9.90 Å². The molecular formula is C37H62AlLiN2O6. The first-order valence-electron chi connectivity index (χ1n) is 16.6. The van der Waals surface area contributed by atoms with E-state index in [0.717, 1.165) is 76.6 Å². The van der Waals surface area contributed by atoms with Crippen molar-refractivity contribution in [3.05, 3.63) is 60.7 Å². The molecule has 1 N–H and O–H groups in total. The van der Waals surface area contributed by atoms with E-state index in [1.165, 1.54) is 20.0 Å². The Kier molecular flexibility index (Phi) is 18.7. The number of hydrogen-bond acceptors (Lipinski definition) is 8. The first kappa shape index (κ1) is 43.5. The van der Waals surface area contributed by atoms with Crippen molar-refractivity contribution in [2.24, 2.45) is 0 Å². The molecule has 0 aliphatic carbocycles. The summed E-state index contributed by atoms with van der Waals surface area (Å²) < 4.78 is 22.1. The number of para-hydroxylation sites is 2. The Bertz CT molecular complexity index is 1130. The minimum atomic E-state index is -0.581. The Balaban J connectivity index is 0.000000762. The van der Waals surface area contributed by atoms with Gasteiger partial charge < -0.3 is 25.5 Å². The van der Waals surface area contributed by atoms with Gasteiger partial charge in [-0.2, -0.15) is 0 Å². The van der Waals surface area contributed by atoms with E-state index in [-0.39, 0.29) is 67.0 Å². The number of aliphatic hydroxyl groups excluding tert-OH is 1. The molecule has 0 unspecified atom stereocenters. The molecule has 47 heavy (non-hydrogen) atoms. The zero-order chi connectivity index (χ0) is 33.0. The monoisotopic (exact) mass is 664 g/mol. The summed E-state index contributed by atoms with van der Waals surface area (Å²) in [4.78, 5) is 16.4. The summed E-state index contributed by atoms with van der Waals surface area (Å²) in [6, 6.07) is 19.9. The average Bonchev–Trinajstić information content (AvgIpc) is 3.63. The average molecular weight is 665 g/mol. The first-order chi connectivity index (χ1) is 21.3. The summed E-state index contributed by atoms with van der Waals surface area (Å²) >= 11 is 0. The second kappa shape index (κ2) is 20.2. The molecular weight excluding hydrogens is 602 g/mol. The van der Waals surface area contributed by atoms with Gasteiger partial charge in [-0.1, -0.05) is 36.4 Å². The van der Waals surface area contributed by atoms with Crippen molar-refractivity contribution >= 4 is 23.3 Å². The predicted molar refractivity (Wildman–Crippen MR) is 191 cm³/mol. The molecule has 3 heterocycles. The zero-order valence-corrected chi connectivity index (χ0v) is 29.8. The topological polar surface area (TPSA) is 80.7 Å². The van der Waals surface area contributed by atoms with E-state index in [4.69, 9.17) is 18.9 Å². The number of rotatable bonds is 8. The second-order valence-electron chi connectivity index (χ2n) is 14.0. The minimum Gasteiger partial charge on any atom is -1.00 e. The first-order valence-corrected chi connectivity index (χ1v) is 16.6. The molecule has 3 saturated heterocycles. The Hall–Kier alpha value is -1.52. The summed E-state index contributed by atoms with van der Waals surface area (Å²) in [6.07, 6.45) is 6.32. The van der Waals surface area contributed by atoms with Crippen LogP contribution in [0.15, 0.2) is 60.7 Å². The van der Waals surface area contributed by atoms with Crippen LogP contribution in [-0.2, 0) is 14.3 Å². The van der Waals surface area contributed by atoms with Gasteiger partial charge >= 0.3 is 24.8 Å². The maximum Gasteiger partial charge on any atom is 1.00 e. The van der Waals surface area contributed by atoms with Gasteiger partial charge in [-0.15, -0.1) is 0 Å². The normalized spacial score (nSPS) is 19.2. The molecule has 0 amide bonds. The molecule has 3 aliphatic rings. The molecule has 0 radical (unpaired) electrons. The van der Waals surface area contributed by atoms with Crippen LogP contribution in [0.3, 0.4) is 0 Å². The molecule has 0 saturated carbocycles. The molecule has 0 aromatic heterocycles. The molecule has 10 heteroatoms. The maximum absolute atomic E-state index is 11.9. The van der Waals surface area contributed by atoms with Gasteiger partial charge in [-0.05, 0) is 104 Å². The van der Waals surface area contributed by atoms with Crippen LogP contribution in [0, 0.1) is 0 Å². The molecule has 0 bridgehead atoms. The van der Waals surface area contributed by atoms with Crippen molar-refractivity contribution in [1.29, 1.82) is 0 Å². The van der Waals surface area contributed by atoms with Crippen LogP contribution in [0.25, 0.3) is 0 Å². The third kappa shape index (κ3) is 13.7. The Labute approximate surface area is 308 Å². The van der Waals surface area contributed by atoms with Crippen LogP contribution < -0.4 is 28.3 Å². The SMILES string of the molecule is C1CCOC1.CC1(Oc2ccccc2)CCN(C(C)(C)CO)CC1.COC(=O)C(C)(C)N1CCC(C)(Oc2ccccc2)CC1.[AlH3].[H-].[Li+]. The molecule has 2 aromatic rings. The Morgan fingerprint density at radius 3 is 1.49 bits per heavy atom. The molecule has 3 fully saturated rings. The smallest absolute Gasteiger partial charge is 1.00 e. The third-order valence-corrected chi connectivity index (χ3v) is 9.40. The third-order valence-electron chi connectivity index (χ3n) is 9.40. The number of ether oxygens (including phenoxy) is 4. The molecule has 260 valence electrons. The standard InChI is InChI=1S/C17H25NO3.C16H25NO2.C4H8O.Al.Li.4H/c1-16(2,15(19)20-4)18-12-10-17(3,11-13-18)21-14-8-6-5-7-9-14;1-15(2,13-18)17-11-9-16(3,10-12-17)19-14-7-5-4-6-8-14;1-2-4-5-3-1;;;;;;/h5-9H,10-13H2,1-4H3;4-8,18H,9-13H2,1-3H3;1-4H2;;;;;;/q;;;;+1;;;;-1. The number of nitrogens with zero attached hydrogens (tertiary/aromatic N) is 2. The molecule has 2 aromatic carbocycles. The van der Waals surface area contributed by atoms with Crippen LogP contribution in [0.2, 0.25) is 0 Å². The predicted octanol–water partition coefficient (Wildman–Crippen LogP) is 2.29. The number of aliphatic hydroxyl groups is 1. The zero-order valence-electron chi connectivity index (χ0n) is 30.8. The number of hydrogen-bond donors (Lipinski definition) is 1. The van der Waals surface area contributed by atoms with Gasteiger partial charge in [0.15, 0.2) is 17.4 Å². The quantitative estimate of drug-likeness (QED) is 0.341. The van der Waals surface area contributed by atoms with Crippen molar-refractivity contribution in [3.63, 3.8) is 0 Å². The summed E-state index contributed by atoms with van der Waals surface area (Å²) in [7, 11) is 1.44. The van der Waals surface area contributed by atoms with Gasteiger partial charge in [0.05, 0.1) is 13.7 Å². The fourth-order valence-electron chi connectivity index (χ4n) is 5.86. The largest absolute Gasteiger partial charge is 1.00 e. The van der Waals surface area contributed by atoms with Gasteiger partial charge in [0.25, 0.3) is 0 Å². The van der Waals surface area contributed by atoms with E-state index in [0.29, 0.717) is 0 Å². The fraction of sp³-hybridized carbons (Fsp3) is 0.649. The van der Waals surface area contributed by atoms with E-state index >= 15 is 0 Å². The van der Waals surface area contributed by atoms with E-state index < -0.39 is 5.54 Å². The van der Waals surface area contributed by atoms with Crippen molar-refractivity contribution in [2.75, 3.05) is 53.1 Å². The number of piperidine rings is 2. The van der Waals surface area contributed by atoms with Gasteiger partial charge in [-0.25, -0.2) is 0 Å². The van der Waals surface area contributed by atoms with E-state index in [1.54, 1.807) is 0 Å². The minimum absolute atomic E-state index is 0. The molecule has 5 rings (SSSR count). The van der Waals surface area contributed by atoms with Gasteiger partial charge in [0.2, 0.25) is 0 Å². The van der Waals surface area contributed by atoms with Crippen molar-refractivity contribution < 1.29 is 49.1 Å². The summed E-state index contributed by atoms with van der Waals surface area (Å²) in [5.41, 5.74) is -0.982. The number of carbonyl (C=O) groups is 1. The second-order valence-corrected chi connectivity index (χ2v) is 14.0. The van der Waals surface area contributed by atoms with Gasteiger partial charge in [0.1, 0.15) is 28.2 Å². The summed E-state index contributed by atoms with van der Waals surface area (Å²) in [5, 5.41) is 9.44. The van der Waals surface area contributed by atoms with Crippen molar-refractivity contribution in [2.45, 2.75) is 102 Å². The number of likely N-dealkylation sites (tertiary alicyclic amines) is 2. The molecule has 3 aliphatic heterocycles. The van der Waals surface area contributed by atoms with E-state index in [2.05, 4.69) is 37.5 Å². The van der Waals surface area contributed by atoms with Crippen LogP contribution in [0.4, 0.5) is 0 Å². The molecule has 0 spiro atoms. The number of methoxy groups -OCH3 is 1. The van der Waals surface area contributed by atoms with E-state index in [1.807, 2.05) is 74.5 Å². The maximum atomic E-state index is 11.9. The Morgan fingerprint density at radius 1 is 0.787 bits per heavy atom. The van der Waals surface area contributed by atoms with Crippen LogP contribution >= 0.6 is 0 Å². The van der Waals surface area contributed by atoms with Crippen LogP contribution in [0.1, 0.15) is 81.5 Å². The molecule has 0 atom stereocenters. The van der Waals surface area contributed by atoms with Crippen LogP contribution in [0.5, 0.6) is 11.5 Å². The number of carbonyl (C=O) groups excluding carboxylic acids is 1. The number of esters is 1. The van der Waals surface area contributed by atoms with Crippen molar-refractivity contribution in [3.8, 4) is 11.5 Å². The number of benzene rings is 2. The van der Waals surface area contributed by atoms with Gasteiger partial charge in [-0.3, -0.25) is 14.6 Å². The van der Waals surface area contributed by atoms with Gasteiger partial charge in [0, 0.05) is 44.9 Å². The summed E-state index contributed by atoms with van der Waals surface area (Å²) in [6.45, 7) is 18.1. The van der Waals surface area contributed by atoms with Crippen LogP contribution in [-0.4, -0.2) is 114 Å². The Morgan fingerprint density at radius 2 is 1.17 bits per heavy atom.